The van der Waals surface area contributed by atoms with Crippen molar-refractivity contribution >= 4 is 50.6 Å². The molecule has 0 amide bonds. The monoisotopic (exact) mass is 920 g/mol. The standard InChI is InChI=1S/C65H56N4Si/c1-64(2,3)48-35-38-55-56-39-36-49(65(4,5)6)43-60(56)69(59(55)42-48)50-37-40-57(63-67-61(45-23-12-7-13-24-45)66-62(68-63)46-25-14-8-15-26-46)58(44-50)47-27-22-34-54(41-47)70(51-28-16-9-17-29-51,52-30-18-10-19-31-52)53-32-20-11-21-33-53/h7-44H,1-6H3. The topological polar surface area (TPSA) is 43.6 Å². The van der Waals surface area contributed by atoms with Crippen LogP contribution in [-0.2, 0) is 10.8 Å². The van der Waals surface area contributed by atoms with Crippen molar-refractivity contribution in [2.24, 2.45) is 0 Å². The van der Waals surface area contributed by atoms with Crippen molar-refractivity contribution in [2.45, 2.75) is 52.4 Å². The fourth-order valence-electron chi connectivity index (χ4n) is 10.2. The van der Waals surface area contributed by atoms with Crippen LogP contribution < -0.4 is 20.7 Å². The minimum absolute atomic E-state index is 0.0419. The van der Waals surface area contributed by atoms with E-state index in [2.05, 4.69) is 240 Å². The van der Waals surface area contributed by atoms with Crippen LogP contribution in [0.25, 0.3) is 72.8 Å². The molecule has 0 atom stereocenters. The third-order valence-electron chi connectivity index (χ3n) is 13.9. The highest BCUT2D eigenvalue weighted by Crippen LogP contribution is 2.40. The van der Waals surface area contributed by atoms with Crippen molar-refractivity contribution in [3.05, 3.63) is 242 Å². The Morgan fingerprint density at radius 2 is 0.729 bits per heavy atom. The Morgan fingerprint density at radius 3 is 1.17 bits per heavy atom. The van der Waals surface area contributed by atoms with Crippen molar-refractivity contribution < 1.29 is 0 Å². The molecule has 0 N–H and O–H groups in total. The molecular formula is C65H56N4Si. The van der Waals surface area contributed by atoms with Gasteiger partial charge in [-0.3, -0.25) is 0 Å². The molecule has 340 valence electrons. The van der Waals surface area contributed by atoms with E-state index in [0.29, 0.717) is 17.5 Å². The summed E-state index contributed by atoms with van der Waals surface area (Å²) in [6.07, 6.45) is 0. The molecule has 9 aromatic carbocycles. The van der Waals surface area contributed by atoms with Gasteiger partial charge in [0.2, 0.25) is 0 Å². The van der Waals surface area contributed by atoms with E-state index in [1.807, 2.05) is 36.4 Å². The number of hydrogen-bond donors (Lipinski definition) is 0. The number of fused-ring (bicyclic) bond motifs is 3. The van der Waals surface area contributed by atoms with Crippen molar-refractivity contribution in [3.63, 3.8) is 0 Å². The van der Waals surface area contributed by atoms with Crippen LogP contribution in [0.4, 0.5) is 0 Å². The molecule has 0 aliphatic rings. The third kappa shape index (κ3) is 8.06. The van der Waals surface area contributed by atoms with Crippen LogP contribution in [0.15, 0.2) is 231 Å². The molecule has 0 bridgehead atoms. The first kappa shape index (κ1) is 44.5. The molecule has 0 fully saturated rings. The molecule has 0 radical (unpaired) electrons. The number of benzene rings is 9. The van der Waals surface area contributed by atoms with Crippen LogP contribution in [0.5, 0.6) is 0 Å². The van der Waals surface area contributed by atoms with E-state index in [0.717, 1.165) is 33.5 Å². The number of aromatic nitrogens is 4. The Morgan fingerprint density at radius 1 is 0.329 bits per heavy atom. The fourth-order valence-corrected chi connectivity index (χ4v) is 15.0. The maximum atomic E-state index is 5.35. The van der Waals surface area contributed by atoms with Gasteiger partial charge in [0, 0.05) is 33.2 Å². The molecule has 2 aromatic heterocycles. The normalized spacial score (nSPS) is 12.1. The Hall–Kier alpha value is -7.99. The molecule has 70 heavy (non-hydrogen) atoms. The molecule has 11 rings (SSSR count). The lowest BCUT2D eigenvalue weighted by atomic mass is 9.86. The predicted octanol–water partition coefficient (Wildman–Crippen LogP) is 13.6. The van der Waals surface area contributed by atoms with E-state index < -0.39 is 8.07 Å². The first-order valence-corrected chi connectivity index (χ1v) is 26.4. The molecule has 5 heteroatoms. The number of rotatable bonds is 9. The van der Waals surface area contributed by atoms with Crippen molar-refractivity contribution in [1.82, 2.24) is 19.5 Å². The van der Waals surface area contributed by atoms with Gasteiger partial charge in [0.05, 0.1) is 11.0 Å². The highest BCUT2D eigenvalue weighted by molar-refractivity contribution is 7.19. The smallest absolute Gasteiger partial charge is 0.179 e. The Labute approximate surface area is 413 Å². The second-order valence-corrected chi connectivity index (χ2v) is 24.3. The van der Waals surface area contributed by atoms with Gasteiger partial charge in [-0.2, -0.15) is 0 Å². The van der Waals surface area contributed by atoms with Crippen molar-refractivity contribution in [1.29, 1.82) is 0 Å². The summed E-state index contributed by atoms with van der Waals surface area (Å²) in [5.74, 6) is 1.87. The predicted molar refractivity (Wildman–Crippen MR) is 297 cm³/mol. The van der Waals surface area contributed by atoms with Gasteiger partial charge in [-0.05, 0) is 84.2 Å². The van der Waals surface area contributed by atoms with E-state index in [1.165, 1.54) is 53.7 Å². The van der Waals surface area contributed by atoms with Crippen LogP contribution >= 0.6 is 0 Å². The molecule has 4 nitrogen and oxygen atoms in total. The van der Waals surface area contributed by atoms with Gasteiger partial charge in [0.15, 0.2) is 25.5 Å². The van der Waals surface area contributed by atoms with Crippen LogP contribution in [0.1, 0.15) is 52.7 Å². The van der Waals surface area contributed by atoms with E-state index in [1.54, 1.807) is 0 Å². The summed E-state index contributed by atoms with van der Waals surface area (Å²) < 4.78 is 2.49. The average Bonchev–Trinajstić information content (AvgIpc) is 3.73. The van der Waals surface area contributed by atoms with Gasteiger partial charge in [-0.1, -0.05) is 242 Å². The first-order valence-electron chi connectivity index (χ1n) is 24.4. The lowest BCUT2D eigenvalue weighted by Crippen LogP contribution is -2.74. The molecule has 0 spiro atoms. The minimum Gasteiger partial charge on any atom is -0.309 e. The number of hydrogen-bond acceptors (Lipinski definition) is 3. The molecule has 11 aromatic rings. The van der Waals surface area contributed by atoms with E-state index in [4.69, 9.17) is 15.0 Å². The zero-order valence-electron chi connectivity index (χ0n) is 40.7. The summed E-state index contributed by atoms with van der Waals surface area (Å²) in [6.45, 7) is 13.8. The Bertz CT molecular complexity index is 3420. The zero-order chi connectivity index (χ0) is 48.0. The van der Waals surface area contributed by atoms with Gasteiger partial charge >= 0.3 is 0 Å². The molecule has 0 saturated heterocycles. The molecular weight excluding hydrogens is 865 g/mol. The average molecular weight is 921 g/mol. The SMILES string of the molecule is CC(C)(C)c1ccc2c3ccc(C(C)(C)C)cc3n(-c3ccc(-c4nc(-c5ccccc5)nc(-c5ccccc5)n4)c(-c4cccc([Si](c5ccccc5)(c5ccccc5)c5ccccc5)c4)c3)c2c1. The van der Waals surface area contributed by atoms with E-state index in [9.17, 15) is 0 Å². The van der Waals surface area contributed by atoms with Gasteiger partial charge in [-0.25, -0.2) is 15.0 Å². The van der Waals surface area contributed by atoms with Crippen molar-refractivity contribution in [3.8, 4) is 51.0 Å². The molecule has 2 heterocycles. The maximum Gasteiger partial charge on any atom is 0.179 e. The first-order chi connectivity index (χ1) is 34.0. The van der Waals surface area contributed by atoms with Crippen LogP contribution in [0, 0.1) is 0 Å². The van der Waals surface area contributed by atoms with Gasteiger partial charge in [0.25, 0.3) is 0 Å². The lowest BCUT2D eigenvalue weighted by molar-refractivity contribution is 0.591. The quantitative estimate of drug-likeness (QED) is 0.107. The van der Waals surface area contributed by atoms with Crippen LogP contribution in [-0.4, -0.2) is 27.6 Å². The zero-order valence-corrected chi connectivity index (χ0v) is 41.7. The third-order valence-corrected chi connectivity index (χ3v) is 18.7. The van der Waals surface area contributed by atoms with E-state index in [-0.39, 0.29) is 10.8 Å². The van der Waals surface area contributed by atoms with Crippen LogP contribution in [0.3, 0.4) is 0 Å². The number of nitrogens with zero attached hydrogens (tertiary/aromatic N) is 4. The van der Waals surface area contributed by atoms with Gasteiger partial charge < -0.3 is 4.57 Å². The molecule has 0 aliphatic heterocycles. The maximum absolute atomic E-state index is 5.35. The second-order valence-electron chi connectivity index (χ2n) is 20.5. The Kier molecular flexibility index (Phi) is 11.3. The summed E-state index contributed by atoms with van der Waals surface area (Å²) in [6, 6.07) is 84.2. The highest BCUT2D eigenvalue weighted by Gasteiger charge is 2.41. The fraction of sp³-hybridized carbons (Fsp3) is 0.123. The summed E-state index contributed by atoms with van der Waals surface area (Å²) in [7, 11) is -2.90. The minimum atomic E-state index is -2.90. The molecule has 0 saturated carbocycles. The van der Waals surface area contributed by atoms with Gasteiger partial charge in [-0.15, -0.1) is 0 Å². The summed E-state index contributed by atoms with van der Waals surface area (Å²) in [4.78, 5) is 15.8. The summed E-state index contributed by atoms with van der Waals surface area (Å²) >= 11 is 0. The lowest BCUT2D eigenvalue weighted by Gasteiger charge is -2.34. The Balaban J connectivity index is 1.23. The van der Waals surface area contributed by atoms with Crippen molar-refractivity contribution in [2.75, 3.05) is 0 Å². The van der Waals surface area contributed by atoms with Crippen LogP contribution in [0.2, 0.25) is 0 Å². The van der Waals surface area contributed by atoms with Gasteiger partial charge in [0.1, 0.15) is 0 Å². The second kappa shape index (κ2) is 17.8. The summed E-state index contributed by atoms with van der Waals surface area (Å²) in [5.41, 5.74) is 10.9. The molecule has 0 aliphatic carbocycles. The molecule has 0 unspecified atom stereocenters. The largest absolute Gasteiger partial charge is 0.309 e. The summed E-state index contributed by atoms with van der Waals surface area (Å²) in [5, 5.41) is 7.73. The van der Waals surface area contributed by atoms with E-state index >= 15 is 0 Å². The highest BCUT2D eigenvalue weighted by atomic mass is 28.3.